The van der Waals surface area contributed by atoms with Crippen molar-refractivity contribution in [2.75, 3.05) is 27.9 Å². The molecule has 2 rings (SSSR count). The Balaban J connectivity index is 1.95. The molecule has 0 heterocycles. The van der Waals surface area contributed by atoms with Crippen LogP contribution in [0.3, 0.4) is 0 Å². The van der Waals surface area contributed by atoms with Crippen LogP contribution in [0.2, 0.25) is 0 Å². The zero-order valence-corrected chi connectivity index (χ0v) is 18.6. The summed E-state index contributed by atoms with van der Waals surface area (Å²) in [6.45, 7) is 4.80. The van der Waals surface area contributed by atoms with Crippen LogP contribution in [-0.2, 0) is 11.2 Å². The van der Waals surface area contributed by atoms with Gasteiger partial charge in [-0.25, -0.2) is 0 Å². The molecule has 0 bridgehead atoms. The van der Waals surface area contributed by atoms with E-state index in [1.165, 1.54) is 14.2 Å². The van der Waals surface area contributed by atoms with E-state index in [9.17, 15) is 9.59 Å². The van der Waals surface area contributed by atoms with Crippen molar-refractivity contribution in [1.82, 2.24) is 10.9 Å². The number of ether oxygens (including phenoxy) is 4. The van der Waals surface area contributed by atoms with Crippen molar-refractivity contribution < 1.29 is 28.5 Å². The SMILES string of the molecule is COc1ccc(CC(=O)NNC(=O)c2ccc(OCCC(C)C)c(OC)c2)c(OC)c1. The third-order valence-corrected chi connectivity index (χ3v) is 4.54. The highest BCUT2D eigenvalue weighted by Gasteiger charge is 2.14. The van der Waals surface area contributed by atoms with Crippen LogP contribution >= 0.6 is 0 Å². The third kappa shape index (κ3) is 7.09. The van der Waals surface area contributed by atoms with Crippen LogP contribution < -0.4 is 29.8 Å². The van der Waals surface area contributed by atoms with Gasteiger partial charge in [0, 0.05) is 17.2 Å². The van der Waals surface area contributed by atoms with Crippen LogP contribution in [0.15, 0.2) is 36.4 Å². The normalized spacial score (nSPS) is 10.4. The summed E-state index contributed by atoms with van der Waals surface area (Å²) in [4.78, 5) is 24.7. The molecule has 8 heteroatoms. The average molecular weight is 431 g/mol. The van der Waals surface area contributed by atoms with Crippen molar-refractivity contribution >= 4 is 11.8 Å². The molecule has 0 fully saturated rings. The lowest BCUT2D eigenvalue weighted by Gasteiger charge is -2.14. The number of hydrogen-bond donors (Lipinski definition) is 2. The fraction of sp³-hybridized carbons (Fsp3) is 0.391. The van der Waals surface area contributed by atoms with Crippen molar-refractivity contribution in [2.45, 2.75) is 26.7 Å². The Bertz CT molecular complexity index is 898. The first kappa shape index (κ1) is 23.9. The molecule has 0 spiro atoms. The Hall–Kier alpha value is -3.42. The Kier molecular flexibility index (Phi) is 8.99. The molecule has 0 aliphatic rings. The number of benzene rings is 2. The highest BCUT2D eigenvalue weighted by Crippen LogP contribution is 2.28. The molecule has 0 aliphatic heterocycles. The molecule has 2 aromatic carbocycles. The summed E-state index contributed by atoms with van der Waals surface area (Å²) in [7, 11) is 4.58. The molecular formula is C23H30N2O6. The fourth-order valence-corrected chi connectivity index (χ4v) is 2.75. The molecule has 0 atom stereocenters. The number of methoxy groups -OCH3 is 3. The highest BCUT2D eigenvalue weighted by atomic mass is 16.5. The van der Waals surface area contributed by atoms with E-state index in [0.717, 1.165) is 6.42 Å². The second kappa shape index (κ2) is 11.7. The average Bonchev–Trinajstić information content (AvgIpc) is 2.77. The molecule has 168 valence electrons. The molecule has 0 saturated carbocycles. The number of hydrogen-bond acceptors (Lipinski definition) is 6. The zero-order chi connectivity index (χ0) is 22.8. The Morgan fingerprint density at radius 3 is 2.26 bits per heavy atom. The number of amides is 2. The Morgan fingerprint density at radius 1 is 0.871 bits per heavy atom. The van der Waals surface area contributed by atoms with Gasteiger partial charge in [-0.05, 0) is 36.6 Å². The van der Waals surface area contributed by atoms with E-state index in [4.69, 9.17) is 18.9 Å². The van der Waals surface area contributed by atoms with E-state index in [0.29, 0.717) is 46.6 Å². The zero-order valence-electron chi connectivity index (χ0n) is 18.6. The van der Waals surface area contributed by atoms with Gasteiger partial charge in [0.1, 0.15) is 11.5 Å². The number of nitrogens with one attached hydrogen (secondary N) is 2. The molecule has 2 aromatic rings. The van der Waals surface area contributed by atoms with Crippen LogP contribution in [0.5, 0.6) is 23.0 Å². The second-order valence-electron chi connectivity index (χ2n) is 7.25. The Labute approximate surface area is 182 Å². The van der Waals surface area contributed by atoms with E-state index in [-0.39, 0.29) is 6.42 Å². The van der Waals surface area contributed by atoms with Crippen LogP contribution in [0, 0.1) is 5.92 Å². The summed E-state index contributed by atoms with van der Waals surface area (Å²) < 4.78 is 21.5. The number of hydrazine groups is 1. The van der Waals surface area contributed by atoms with Crippen LogP contribution in [0.4, 0.5) is 0 Å². The van der Waals surface area contributed by atoms with Crippen LogP contribution in [0.1, 0.15) is 36.2 Å². The molecule has 31 heavy (non-hydrogen) atoms. The first-order chi connectivity index (χ1) is 14.9. The van der Waals surface area contributed by atoms with E-state index in [1.807, 2.05) is 0 Å². The second-order valence-corrected chi connectivity index (χ2v) is 7.25. The molecule has 2 N–H and O–H groups in total. The highest BCUT2D eigenvalue weighted by molar-refractivity contribution is 5.96. The van der Waals surface area contributed by atoms with Crippen LogP contribution in [0.25, 0.3) is 0 Å². The van der Waals surface area contributed by atoms with Gasteiger partial charge in [0.2, 0.25) is 5.91 Å². The summed E-state index contributed by atoms with van der Waals surface area (Å²) in [6, 6.07) is 10.0. The van der Waals surface area contributed by atoms with Crippen molar-refractivity contribution in [1.29, 1.82) is 0 Å². The van der Waals surface area contributed by atoms with E-state index < -0.39 is 11.8 Å². The van der Waals surface area contributed by atoms with Crippen molar-refractivity contribution in [2.24, 2.45) is 5.92 Å². The van der Waals surface area contributed by atoms with Crippen molar-refractivity contribution in [3.8, 4) is 23.0 Å². The summed E-state index contributed by atoms with van der Waals surface area (Å²) in [5.74, 6) is 1.83. The molecular weight excluding hydrogens is 400 g/mol. The first-order valence-corrected chi connectivity index (χ1v) is 9.98. The lowest BCUT2D eigenvalue weighted by atomic mass is 10.1. The molecule has 0 saturated heterocycles. The van der Waals surface area contributed by atoms with Crippen molar-refractivity contribution in [3.05, 3.63) is 47.5 Å². The minimum atomic E-state index is -0.470. The lowest BCUT2D eigenvalue weighted by molar-refractivity contribution is -0.121. The topological polar surface area (TPSA) is 95.1 Å². The maximum absolute atomic E-state index is 12.4. The van der Waals surface area contributed by atoms with Gasteiger partial charge in [0.05, 0.1) is 34.4 Å². The smallest absolute Gasteiger partial charge is 0.269 e. The first-order valence-electron chi connectivity index (χ1n) is 9.98. The van der Waals surface area contributed by atoms with Crippen molar-refractivity contribution in [3.63, 3.8) is 0 Å². The minimum Gasteiger partial charge on any atom is -0.497 e. The standard InChI is InChI=1S/C23H30N2O6/c1-15(2)10-11-31-19-9-7-17(12-21(19)30-5)23(27)25-24-22(26)13-16-6-8-18(28-3)14-20(16)29-4/h6-9,12,14-15H,10-11,13H2,1-5H3,(H,24,26)(H,25,27). The minimum absolute atomic E-state index is 0.0272. The van der Waals surface area contributed by atoms with Gasteiger partial charge in [-0.3, -0.25) is 20.4 Å². The molecule has 8 nitrogen and oxygen atoms in total. The Morgan fingerprint density at radius 2 is 1.61 bits per heavy atom. The largest absolute Gasteiger partial charge is 0.497 e. The van der Waals surface area contributed by atoms with Gasteiger partial charge in [-0.1, -0.05) is 19.9 Å². The monoisotopic (exact) mass is 430 g/mol. The maximum atomic E-state index is 12.4. The van der Waals surface area contributed by atoms with E-state index >= 15 is 0 Å². The summed E-state index contributed by atoms with van der Waals surface area (Å²) >= 11 is 0. The molecule has 0 aliphatic carbocycles. The van der Waals surface area contributed by atoms with Gasteiger partial charge in [0.15, 0.2) is 11.5 Å². The molecule has 2 amide bonds. The van der Waals surface area contributed by atoms with E-state index in [2.05, 4.69) is 24.7 Å². The molecule has 0 radical (unpaired) electrons. The number of carbonyl (C=O) groups excluding carboxylic acids is 2. The number of carbonyl (C=O) groups is 2. The maximum Gasteiger partial charge on any atom is 0.269 e. The molecule has 0 unspecified atom stereocenters. The van der Waals surface area contributed by atoms with Gasteiger partial charge >= 0.3 is 0 Å². The quantitative estimate of drug-likeness (QED) is 0.563. The fourth-order valence-electron chi connectivity index (χ4n) is 2.75. The summed E-state index contributed by atoms with van der Waals surface area (Å²) in [5.41, 5.74) is 5.81. The summed E-state index contributed by atoms with van der Waals surface area (Å²) in [6.07, 6.45) is 0.940. The predicted octanol–water partition coefficient (Wildman–Crippen LogP) is 3.14. The van der Waals surface area contributed by atoms with Gasteiger partial charge < -0.3 is 18.9 Å². The third-order valence-electron chi connectivity index (χ3n) is 4.54. The lowest BCUT2D eigenvalue weighted by Crippen LogP contribution is -2.42. The van der Waals surface area contributed by atoms with Crippen LogP contribution in [-0.4, -0.2) is 39.8 Å². The summed E-state index contributed by atoms with van der Waals surface area (Å²) in [5, 5.41) is 0. The van der Waals surface area contributed by atoms with E-state index in [1.54, 1.807) is 43.5 Å². The number of rotatable bonds is 10. The van der Waals surface area contributed by atoms with Gasteiger partial charge in [-0.2, -0.15) is 0 Å². The predicted molar refractivity (Wildman–Crippen MR) is 117 cm³/mol. The van der Waals surface area contributed by atoms with Gasteiger partial charge in [0.25, 0.3) is 5.91 Å². The molecule has 0 aromatic heterocycles. The van der Waals surface area contributed by atoms with Gasteiger partial charge in [-0.15, -0.1) is 0 Å².